The predicted molar refractivity (Wildman–Crippen MR) is 81.1 cm³/mol. The van der Waals surface area contributed by atoms with E-state index in [4.69, 9.17) is 17.3 Å². The maximum atomic E-state index is 12.5. The SMILES string of the molecule is CN1CCN(C(=O)c2cc3cc(Cl)cc(N)c3[nH]2)CC1. The second-order valence-electron chi connectivity index (χ2n) is 5.24. The van der Waals surface area contributed by atoms with Crippen LogP contribution in [0.1, 0.15) is 10.5 Å². The Hall–Kier alpha value is -1.72. The number of halogens is 1. The maximum Gasteiger partial charge on any atom is 0.270 e. The summed E-state index contributed by atoms with van der Waals surface area (Å²) in [5.41, 5.74) is 7.82. The number of nitrogen functional groups attached to an aromatic ring is 1. The topological polar surface area (TPSA) is 65.4 Å². The van der Waals surface area contributed by atoms with Crippen molar-refractivity contribution in [1.29, 1.82) is 0 Å². The van der Waals surface area contributed by atoms with Crippen LogP contribution >= 0.6 is 11.6 Å². The molecule has 1 aromatic carbocycles. The number of fused-ring (bicyclic) bond motifs is 1. The van der Waals surface area contributed by atoms with Gasteiger partial charge in [0, 0.05) is 36.6 Å². The summed E-state index contributed by atoms with van der Waals surface area (Å²) in [6, 6.07) is 5.31. The van der Waals surface area contributed by atoms with Crippen LogP contribution in [0.2, 0.25) is 5.02 Å². The van der Waals surface area contributed by atoms with E-state index >= 15 is 0 Å². The first-order valence-corrected chi connectivity index (χ1v) is 6.98. The van der Waals surface area contributed by atoms with Gasteiger partial charge in [-0.25, -0.2) is 0 Å². The summed E-state index contributed by atoms with van der Waals surface area (Å²) >= 11 is 5.98. The fraction of sp³-hybridized carbons (Fsp3) is 0.357. The Morgan fingerprint density at radius 2 is 1.95 bits per heavy atom. The monoisotopic (exact) mass is 292 g/mol. The molecule has 0 radical (unpaired) electrons. The van der Waals surface area contributed by atoms with Gasteiger partial charge < -0.3 is 20.5 Å². The molecule has 2 aromatic rings. The van der Waals surface area contributed by atoms with Gasteiger partial charge in [-0.05, 0) is 25.2 Å². The Bertz CT molecular complexity index is 658. The molecule has 1 saturated heterocycles. The van der Waals surface area contributed by atoms with Crippen LogP contribution in [0.4, 0.5) is 5.69 Å². The van der Waals surface area contributed by atoms with Crippen LogP contribution in [0.5, 0.6) is 0 Å². The van der Waals surface area contributed by atoms with Gasteiger partial charge in [0.15, 0.2) is 0 Å². The standard InChI is InChI=1S/C14H17ClN4O/c1-18-2-4-19(5-3-18)14(20)12-7-9-6-10(15)8-11(16)13(9)17-12/h6-8,17H,2-5,16H2,1H3. The van der Waals surface area contributed by atoms with Crippen LogP contribution < -0.4 is 5.73 Å². The Balaban J connectivity index is 1.90. The van der Waals surface area contributed by atoms with E-state index in [1.54, 1.807) is 6.07 Å². The highest BCUT2D eigenvalue weighted by atomic mass is 35.5. The number of carbonyl (C=O) groups is 1. The lowest BCUT2D eigenvalue weighted by Gasteiger charge is -2.32. The van der Waals surface area contributed by atoms with Crippen LogP contribution in [0.15, 0.2) is 18.2 Å². The van der Waals surface area contributed by atoms with Gasteiger partial charge in [-0.2, -0.15) is 0 Å². The van der Waals surface area contributed by atoms with E-state index in [1.807, 2.05) is 17.0 Å². The zero-order chi connectivity index (χ0) is 14.3. The summed E-state index contributed by atoms with van der Waals surface area (Å²) in [6.07, 6.45) is 0. The first-order chi connectivity index (χ1) is 9.54. The Kier molecular flexibility index (Phi) is 3.31. The molecule has 1 aliphatic rings. The normalized spacial score (nSPS) is 16.8. The average molecular weight is 293 g/mol. The molecular weight excluding hydrogens is 276 g/mol. The number of amides is 1. The summed E-state index contributed by atoms with van der Waals surface area (Å²) < 4.78 is 0. The van der Waals surface area contributed by atoms with Crippen LogP contribution in [0.3, 0.4) is 0 Å². The van der Waals surface area contributed by atoms with Crippen molar-refractivity contribution in [2.75, 3.05) is 39.0 Å². The molecule has 2 heterocycles. The highest BCUT2D eigenvalue weighted by Gasteiger charge is 2.22. The number of piperazine rings is 1. The first kappa shape index (κ1) is 13.3. The number of benzene rings is 1. The van der Waals surface area contributed by atoms with Crippen molar-refractivity contribution >= 4 is 34.1 Å². The first-order valence-electron chi connectivity index (χ1n) is 6.60. The number of nitrogens with one attached hydrogen (secondary N) is 1. The summed E-state index contributed by atoms with van der Waals surface area (Å²) in [5.74, 6) is 0.0184. The Morgan fingerprint density at radius 3 is 2.65 bits per heavy atom. The molecule has 5 nitrogen and oxygen atoms in total. The summed E-state index contributed by atoms with van der Waals surface area (Å²) in [4.78, 5) is 19.7. The zero-order valence-corrected chi connectivity index (χ0v) is 12.1. The molecule has 0 unspecified atom stereocenters. The van der Waals surface area contributed by atoms with Gasteiger partial charge in [-0.15, -0.1) is 0 Å². The van der Waals surface area contributed by atoms with Gasteiger partial charge in [0.25, 0.3) is 5.91 Å². The lowest BCUT2D eigenvalue weighted by Crippen LogP contribution is -2.47. The zero-order valence-electron chi connectivity index (χ0n) is 11.3. The molecule has 1 aromatic heterocycles. The van der Waals surface area contributed by atoms with Crippen molar-refractivity contribution in [2.24, 2.45) is 0 Å². The minimum atomic E-state index is 0.0184. The minimum absolute atomic E-state index is 0.0184. The number of H-pyrrole nitrogens is 1. The molecule has 0 saturated carbocycles. The number of hydrogen-bond acceptors (Lipinski definition) is 3. The molecule has 20 heavy (non-hydrogen) atoms. The number of carbonyl (C=O) groups excluding carboxylic acids is 1. The predicted octanol–water partition coefficient (Wildman–Crippen LogP) is 1.79. The Morgan fingerprint density at radius 1 is 1.25 bits per heavy atom. The molecule has 106 valence electrons. The molecule has 3 N–H and O–H groups in total. The highest BCUT2D eigenvalue weighted by Crippen LogP contribution is 2.26. The van der Waals surface area contributed by atoms with Crippen molar-refractivity contribution in [3.8, 4) is 0 Å². The number of nitrogens with zero attached hydrogens (tertiary/aromatic N) is 2. The van der Waals surface area contributed by atoms with E-state index in [1.165, 1.54) is 0 Å². The van der Waals surface area contributed by atoms with Gasteiger partial charge in [0.2, 0.25) is 0 Å². The number of hydrogen-bond donors (Lipinski definition) is 2. The number of aromatic nitrogens is 1. The van der Waals surface area contributed by atoms with Crippen LogP contribution in [-0.2, 0) is 0 Å². The lowest BCUT2D eigenvalue weighted by atomic mass is 10.2. The molecule has 1 fully saturated rings. The lowest BCUT2D eigenvalue weighted by molar-refractivity contribution is 0.0659. The minimum Gasteiger partial charge on any atom is -0.397 e. The third-order valence-corrected chi connectivity index (χ3v) is 3.96. The Labute approximate surface area is 122 Å². The average Bonchev–Trinajstić information content (AvgIpc) is 2.83. The smallest absolute Gasteiger partial charge is 0.270 e. The van der Waals surface area contributed by atoms with E-state index < -0.39 is 0 Å². The van der Waals surface area contributed by atoms with Crippen molar-refractivity contribution in [2.45, 2.75) is 0 Å². The molecule has 1 aliphatic heterocycles. The summed E-state index contributed by atoms with van der Waals surface area (Å²) in [7, 11) is 2.06. The second kappa shape index (κ2) is 5.00. The molecule has 0 atom stereocenters. The molecule has 0 spiro atoms. The van der Waals surface area contributed by atoms with Gasteiger partial charge >= 0.3 is 0 Å². The second-order valence-corrected chi connectivity index (χ2v) is 5.67. The van der Waals surface area contributed by atoms with Crippen molar-refractivity contribution in [1.82, 2.24) is 14.8 Å². The van der Waals surface area contributed by atoms with E-state index in [0.717, 1.165) is 37.1 Å². The molecule has 1 amide bonds. The van der Waals surface area contributed by atoms with Crippen molar-refractivity contribution in [3.05, 3.63) is 28.9 Å². The molecule has 0 bridgehead atoms. The number of nitrogens with two attached hydrogens (primary N) is 1. The quantitative estimate of drug-likeness (QED) is 0.788. The maximum absolute atomic E-state index is 12.5. The van der Waals surface area contributed by atoms with Gasteiger partial charge in [-0.3, -0.25) is 4.79 Å². The third kappa shape index (κ3) is 2.34. The van der Waals surface area contributed by atoms with Gasteiger partial charge in [-0.1, -0.05) is 11.6 Å². The summed E-state index contributed by atoms with van der Waals surface area (Å²) in [5, 5.41) is 1.44. The van der Waals surface area contributed by atoms with E-state index in [0.29, 0.717) is 16.4 Å². The van der Waals surface area contributed by atoms with E-state index in [2.05, 4.69) is 16.9 Å². The van der Waals surface area contributed by atoms with E-state index in [9.17, 15) is 4.79 Å². The van der Waals surface area contributed by atoms with Crippen molar-refractivity contribution < 1.29 is 4.79 Å². The van der Waals surface area contributed by atoms with Gasteiger partial charge in [0.05, 0.1) is 11.2 Å². The largest absolute Gasteiger partial charge is 0.397 e. The van der Waals surface area contributed by atoms with E-state index in [-0.39, 0.29) is 5.91 Å². The number of rotatable bonds is 1. The molecule has 3 rings (SSSR count). The molecule has 0 aliphatic carbocycles. The highest BCUT2D eigenvalue weighted by molar-refractivity contribution is 6.31. The number of anilines is 1. The fourth-order valence-electron chi connectivity index (χ4n) is 2.53. The third-order valence-electron chi connectivity index (χ3n) is 3.74. The summed E-state index contributed by atoms with van der Waals surface area (Å²) in [6.45, 7) is 3.31. The van der Waals surface area contributed by atoms with Crippen LogP contribution in [0.25, 0.3) is 10.9 Å². The number of aromatic amines is 1. The van der Waals surface area contributed by atoms with Crippen LogP contribution in [0, 0.1) is 0 Å². The molecule has 6 heteroatoms. The molecular formula is C14H17ClN4O. The fourth-order valence-corrected chi connectivity index (χ4v) is 2.76. The number of likely N-dealkylation sites (N-methyl/N-ethyl adjacent to an activating group) is 1. The van der Waals surface area contributed by atoms with Crippen molar-refractivity contribution in [3.63, 3.8) is 0 Å². The van der Waals surface area contributed by atoms with Crippen LogP contribution in [-0.4, -0.2) is 53.9 Å². The van der Waals surface area contributed by atoms with Gasteiger partial charge in [0.1, 0.15) is 5.69 Å².